The van der Waals surface area contributed by atoms with Gasteiger partial charge in [-0.15, -0.1) is 11.3 Å². The number of aliphatic hydroxyl groups excluding tert-OH is 1. The predicted octanol–water partition coefficient (Wildman–Crippen LogP) is 2.42. The fourth-order valence-corrected chi connectivity index (χ4v) is 4.07. The van der Waals surface area contributed by atoms with Crippen LogP contribution in [0.1, 0.15) is 24.1 Å². The molecular weight excluding hydrogens is 270 g/mol. The normalized spacial score (nSPS) is 36.8. The van der Waals surface area contributed by atoms with E-state index >= 15 is 0 Å². The van der Waals surface area contributed by atoms with Gasteiger partial charge in [0.15, 0.2) is 0 Å². The van der Waals surface area contributed by atoms with Crippen LogP contribution in [0.15, 0.2) is 29.7 Å². The number of hydrogen-bond donors (Lipinski definition) is 1. The Labute approximate surface area is 122 Å². The number of aliphatic hydroxyl groups is 1. The van der Waals surface area contributed by atoms with Crippen molar-refractivity contribution in [2.24, 2.45) is 17.3 Å². The maximum atomic E-state index is 12.8. The van der Waals surface area contributed by atoms with E-state index in [1.54, 1.807) is 11.3 Å². The SMILES string of the molecule is O=C(N(Cc1cccs1)[C@@H]1C=C[C@H](CO)C1)C12CC1C2. The molecule has 1 aromatic heterocycles. The van der Waals surface area contributed by atoms with E-state index in [4.69, 9.17) is 0 Å². The fraction of sp³-hybridized carbons (Fsp3) is 0.562. The van der Waals surface area contributed by atoms with E-state index in [1.165, 1.54) is 4.88 Å². The molecule has 20 heavy (non-hydrogen) atoms. The number of carbonyl (C=O) groups excluding carboxylic acids is 1. The van der Waals surface area contributed by atoms with Crippen molar-refractivity contribution < 1.29 is 9.90 Å². The van der Waals surface area contributed by atoms with Crippen molar-refractivity contribution in [2.75, 3.05) is 6.61 Å². The number of rotatable bonds is 5. The van der Waals surface area contributed by atoms with Gasteiger partial charge in [-0.1, -0.05) is 18.2 Å². The van der Waals surface area contributed by atoms with E-state index in [-0.39, 0.29) is 24.0 Å². The summed E-state index contributed by atoms with van der Waals surface area (Å²) >= 11 is 1.71. The van der Waals surface area contributed by atoms with Crippen molar-refractivity contribution in [2.45, 2.75) is 31.8 Å². The van der Waals surface area contributed by atoms with Crippen molar-refractivity contribution in [3.63, 3.8) is 0 Å². The largest absolute Gasteiger partial charge is 0.396 e. The molecule has 1 heterocycles. The van der Waals surface area contributed by atoms with E-state index in [0.29, 0.717) is 11.8 Å². The van der Waals surface area contributed by atoms with Crippen LogP contribution in [0.2, 0.25) is 0 Å². The van der Waals surface area contributed by atoms with Crippen molar-refractivity contribution in [3.05, 3.63) is 34.5 Å². The third-order valence-corrected chi connectivity index (χ3v) is 5.92. The molecule has 1 aromatic rings. The van der Waals surface area contributed by atoms with Gasteiger partial charge in [0.05, 0.1) is 18.0 Å². The zero-order valence-corrected chi connectivity index (χ0v) is 12.2. The van der Waals surface area contributed by atoms with Crippen LogP contribution >= 0.6 is 11.3 Å². The zero-order valence-electron chi connectivity index (χ0n) is 11.4. The Balaban J connectivity index is 1.53. The van der Waals surface area contributed by atoms with Gasteiger partial charge < -0.3 is 10.0 Å². The summed E-state index contributed by atoms with van der Waals surface area (Å²) in [5.74, 6) is 1.24. The number of amides is 1. The molecule has 0 radical (unpaired) electrons. The summed E-state index contributed by atoms with van der Waals surface area (Å²) in [6, 6.07) is 4.30. The van der Waals surface area contributed by atoms with Crippen LogP contribution in [-0.4, -0.2) is 28.6 Å². The van der Waals surface area contributed by atoms with Gasteiger partial charge in [-0.2, -0.15) is 0 Å². The molecule has 0 aromatic carbocycles. The molecule has 4 rings (SSSR count). The number of carbonyl (C=O) groups is 1. The van der Waals surface area contributed by atoms with Gasteiger partial charge in [-0.05, 0) is 36.6 Å². The van der Waals surface area contributed by atoms with Gasteiger partial charge in [-0.3, -0.25) is 4.79 Å². The summed E-state index contributed by atoms with van der Waals surface area (Å²) in [5, 5.41) is 11.4. The van der Waals surface area contributed by atoms with E-state index in [9.17, 15) is 9.90 Å². The summed E-state index contributed by atoms with van der Waals surface area (Å²) in [4.78, 5) is 16.1. The summed E-state index contributed by atoms with van der Waals surface area (Å²) in [6.45, 7) is 0.903. The molecule has 3 aliphatic rings. The smallest absolute Gasteiger partial charge is 0.229 e. The minimum absolute atomic E-state index is 0.0302. The van der Waals surface area contributed by atoms with Gasteiger partial charge >= 0.3 is 0 Å². The monoisotopic (exact) mass is 289 g/mol. The molecule has 4 heteroatoms. The second-order valence-electron chi connectivity index (χ2n) is 6.40. The number of fused-ring (bicyclic) bond motifs is 1. The third kappa shape index (κ3) is 1.93. The molecule has 0 bridgehead atoms. The predicted molar refractivity (Wildman–Crippen MR) is 78.1 cm³/mol. The van der Waals surface area contributed by atoms with Crippen LogP contribution in [-0.2, 0) is 11.3 Å². The minimum atomic E-state index is 0.0302. The molecule has 0 saturated heterocycles. The van der Waals surface area contributed by atoms with E-state index in [2.05, 4.69) is 28.5 Å². The standard InChI is InChI=1S/C16H19NO2S/c18-10-11-3-4-13(6-11)17(9-14-2-1-5-20-14)15(19)16-7-12(16)8-16/h1-5,11-13,18H,6-10H2/t11-,12?,13+,16?/m0/s1. The van der Waals surface area contributed by atoms with Crippen LogP contribution in [0.3, 0.4) is 0 Å². The van der Waals surface area contributed by atoms with Gasteiger partial charge in [0, 0.05) is 17.4 Å². The summed E-state index contributed by atoms with van der Waals surface area (Å²) in [6.07, 6.45) is 7.25. The molecule has 106 valence electrons. The lowest BCUT2D eigenvalue weighted by atomic mass is 10.1. The van der Waals surface area contributed by atoms with Crippen LogP contribution in [0.25, 0.3) is 0 Å². The maximum absolute atomic E-state index is 12.8. The van der Waals surface area contributed by atoms with Crippen LogP contribution < -0.4 is 0 Å². The van der Waals surface area contributed by atoms with Gasteiger partial charge in [0.1, 0.15) is 0 Å². The molecule has 0 aliphatic heterocycles. The fourth-order valence-electron chi connectivity index (χ4n) is 3.37. The lowest BCUT2D eigenvalue weighted by molar-refractivity contribution is -0.137. The van der Waals surface area contributed by atoms with Crippen molar-refractivity contribution in [1.82, 2.24) is 4.90 Å². The molecule has 0 unspecified atom stereocenters. The second kappa shape index (κ2) is 4.43. The van der Waals surface area contributed by atoms with Crippen LogP contribution in [0, 0.1) is 17.3 Å². The quantitative estimate of drug-likeness (QED) is 0.846. The molecule has 1 N–H and O–H groups in total. The Kier molecular flexibility index (Phi) is 2.79. The maximum Gasteiger partial charge on any atom is 0.229 e. The first-order valence-corrected chi connectivity index (χ1v) is 8.23. The van der Waals surface area contributed by atoms with Crippen molar-refractivity contribution >= 4 is 17.2 Å². The van der Waals surface area contributed by atoms with Crippen LogP contribution in [0.5, 0.6) is 0 Å². The van der Waals surface area contributed by atoms with Gasteiger partial charge in [0.25, 0.3) is 0 Å². The van der Waals surface area contributed by atoms with E-state index < -0.39 is 0 Å². The summed E-state index contributed by atoms with van der Waals surface area (Å²) < 4.78 is 0. The Bertz CT molecular complexity index is 545. The zero-order chi connectivity index (χ0) is 13.7. The highest BCUT2D eigenvalue weighted by Gasteiger charge is 2.75. The molecule has 0 spiro atoms. The molecule has 2 saturated carbocycles. The Morgan fingerprint density at radius 1 is 1.45 bits per heavy atom. The first-order valence-electron chi connectivity index (χ1n) is 7.35. The minimum Gasteiger partial charge on any atom is -0.396 e. The van der Waals surface area contributed by atoms with E-state index in [0.717, 1.165) is 25.8 Å². The summed E-state index contributed by atoms with van der Waals surface area (Å²) in [5.41, 5.74) is 0.0302. The van der Waals surface area contributed by atoms with Gasteiger partial charge in [-0.25, -0.2) is 0 Å². The molecular formula is C16H19NO2S. The van der Waals surface area contributed by atoms with Crippen molar-refractivity contribution in [1.29, 1.82) is 0 Å². The molecule has 3 aliphatic carbocycles. The lowest BCUT2D eigenvalue weighted by Gasteiger charge is -2.29. The lowest BCUT2D eigenvalue weighted by Crippen LogP contribution is -2.40. The third-order valence-electron chi connectivity index (χ3n) is 5.06. The Morgan fingerprint density at radius 2 is 2.25 bits per heavy atom. The second-order valence-corrected chi connectivity index (χ2v) is 7.44. The topological polar surface area (TPSA) is 40.5 Å². The average molecular weight is 289 g/mol. The molecule has 3 nitrogen and oxygen atoms in total. The molecule has 2 fully saturated rings. The molecule has 1 amide bonds. The highest BCUT2D eigenvalue weighted by molar-refractivity contribution is 7.09. The van der Waals surface area contributed by atoms with E-state index in [1.807, 2.05) is 6.07 Å². The number of thiophene rings is 1. The van der Waals surface area contributed by atoms with Crippen molar-refractivity contribution in [3.8, 4) is 0 Å². The number of hydrogen-bond acceptors (Lipinski definition) is 3. The highest BCUT2D eigenvalue weighted by Crippen LogP contribution is 2.76. The van der Waals surface area contributed by atoms with Gasteiger partial charge in [0.2, 0.25) is 5.91 Å². The first kappa shape index (κ1) is 12.6. The first-order chi connectivity index (χ1) is 9.73. The highest BCUT2D eigenvalue weighted by atomic mass is 32.1. The summed E-state index contributed by atoms with van der Waals surface area (Å²) in [7, 11) is 0. The Hall–Kier alpha value is -1.13. The number of nitrogens with zero attached hydrogens (tertiary/aromatic N) is 1. The molecule has 2 atom stereocenters. The average Bonchev–Trinajstić information content (AvgIpc) is 3.12. The van der Waals surface area contributed by atoms with Crippen LogP contribution in [0.4, 0.5) is 0 Å². The Morgan fingerprint density at radius 3 is 2.80 bits per heavy atom.